The highest BCUT2D eigenvalue weighted by atomic mass is 16.2. The molecule has 0 saturated carbocycles. The first-order valence-corrected chi connectivity index (χ1v) is 9.98. The van der Waals surface area contributed by atoms with Crippen molar-refractivity contribution in [3.63, 3.8) is 0 Å². The maximum Gasteiger partial charge on any atom is 0.240 e. The minimum atomic E-state index is -0.0761. The number of carbonyl (C=O) groups is 2. The summed E-state index contributed by atoms with van der Waals surface area (Å²) in [5.41, 5.74) is 6.98. The number of rotatable bonds is 12. The predicted molar refractivity (Wildman–Crippen MR) is 117 cm³/mol. The van der Waals surface area contributed by atoms with E-state index < -0.39 is 0 Å². The number of amides is 2. The second kappa shape index (κ2) is 13.8. The fraction of sp³-hybridized carbons (Fsp3) is 0.304. The summed E-state index contributed by atoms with van der Waals surface area (Å²) >= 11 is 0. The van der Waals surface area contributed by atoms with Gasteiger partial charge in [-0.05, 0) is 24.0 Å². The van der Waals surface area contributed by atoms with Gasteiger partial charge in [-0.25, -0.2) is 10.9 Å². The number of carbonyl (C=O) groups excluding carboxylic acids is 2. The van der Waals surface area contributed by atoms with Gasteiger partial charge in [-0.3, -0.25) is 9.59 Å². The highest BCUT2D eigenvalue weighted by Gasteiger charge is 2.01. The lowest BCUT2D eigenvalue weighted by molar-refractivity contribution is -0.121. The third kappa shape index (κ3) is 10.6. The quantitative estimate of drug-likeness (QED) is 0.325. The van der Waals surface area contributed by atoms with E-state index in [1.54, 1.807) is 12.4 Å². The maximum atomic E-state index is 11.7. The molecule has 6 heteroatoms. The summed E-state index contributed by atoms with van der Waals surface area (Å²) in [6.45, 7) is 0. The lowest BCUT2D eigenvalue weighted by atomic mass is 10.1. The molecule has 2 aromatic rings. The summed E-state index contributed by atoms with van der Waals surface area (Å²) in [5.74, 6) is -0.152. The number of nitrogens with zero attached hydrogens (tertiary/aromatic N) is 2. The Hall–Kier alpha value is -3.28. The highest BCUT2D eigenvalue weighted by molar-refractivity contribution is 5.82. The van der Waals surface area contributed by atoms with Crippen molar-refractivity contribution in [3.05, 3.63) is 71.8 Å². The van der Waals surface area contributed by atoms with E-state index in [1.165, 1.54) is 0 Å². The summed E-state index contributed by atoms with van der Waals surface area (Å²) < 4.78 is 0. The van der Waals surface area contributed by atoms with Crippen molar-refractivity contribution in [1.29, 1.82) is 0 Å². The van der Waals surface area contributed by atoms with Crippen LogP contribution < -0.4 is 10.9 Å². The average Bonchev–Trinajstić information content (AvgIpc) is 2.74. The van der Waals surface area contributed by atoms with Gasteiger partial charge in [0.1, 0.15) is 0 Å². The minimum Gasteiger partial charge on any atom is -0.273 e. The van der Waals surface area contributed by atoms with Crippen LogP contribution in [0.15, 0.2) is 70.9 Å². The highest BCUT2D eigenvalue weighted by Crippen LogP contribution is 2.07. The average molecular weight is 393 g/mol. The second-order valence-corrected chi connectivity index (χ2v) is 6.68. The van der Waals surface area contributed by atoms with Crippen LogP contribution in [0.1, 0.15) is 56.1 Å². The summed E-state index contributed by atoms with van der Waals surface area (Å²) in [5, 5.41) is 7.91. The standard InChI is InChI=1S/C23H28N4O2/c28-22(26-24-18-20-12-6-4-7-13-20)16-10-2-1-3-11-17-23(29)27-25-19-21-14-8-5-9-15-21/h4-9,12-15,18-19H,1-3,10-11,16-17H2,(H,26,28)(H,27,29). The molecule has 0 unspecified atom stereocenters. The monoisotopic (exact) mass is 392 g/mol. The smallest absolute Gasteiger partial charge is 0.240 e. The van der Waals surface area contributed by atoms with Gasteiger partial charge < -0.3 is 0 Å². The molecule has 0 aliphatic heterocycles. The van der Waals surface area contributed by atoms with E-state index in [1.807, 2.05) is 60.7 Å². The molecule has 0 atom stereocenters. The van der Waals surface area contributed by atoms with Crippen LogP contribution in [0.25, 0.3) is 0 Å². The molecule has 0 saturated heterocycles. The van der Waals surface area contributed by atoms with Gasteiger partial charge >= 0.3 is 0 Å². The maximum absolute atomic E-state index is 11.7. The SMILES string of the molecule is O=C(CCCCCCCC(=O)NN=Cc1ccccc1)NN=Cc1ccccc1. The normalized spacial score (nSPS) is 11.0. The molecule has 0 aromatic heterocycles. The number of hydrogen-bond donors (Lipinski definition) is 2. The molecule has 2 aromatic carbocycles. The molecule has 0 bridgehead atoms. The summed E-state index contributed by atoms with van der Waals surface area (Å²) in [6, 6.07) is 19.2. The third-order valence-electron chi connectivity index (χ3n) is 4.21. The Bertz CT molecular complexity index is 722. The molecule has 6 nitrogen and oxygen atoms in total. The van der Waals surface area contributed by atoms with Gasteiger partial charge in [-0.1, -0.05) is 79.9 Å². The number of hydrogen-bond acceptors (Lipinski definition) is 4. The number of unbranched alkanes of at least 4 members (excludes halogenated alkanes) is 4. The van der Waals surface area contributed by atoms with E-state index in [4.69, 9.17) is 0 Å². The Balaban J connectivity index is 1.44. The molecule has 152 valence electrons. The first-order chi connectivity index (χ1) is 14.2. The molecule has 2 N–H and O–H groups in total. The molecule has 0 radical (unpaired) electrons. The molecular weight excluding hydrogens is 364 g/mol. The Morgan fingerprint density at radius 2 is 1.00 bits per heavy atom. The van der Waals surface area contributed by atoms with E-state index >= 15 is 0 Å². The second-order valence-electron chi connectivity index (χ2n) is 6.68. The largest absolute Gasteiger partial charge is 0.273 e. The molecule has 2 rings (SSSR count). The van der Waals surface area contributed by atoms with Crippen LogP contribution in [0.4, 0.5) is 0 Å². The van der Waals surface area contributed by atoms with Gasteiger partial charge in [0, 0.05) is 12.8 Å². The van der Waals surface area contributed by atoms with Gasteiger partial charge in [-0.2, -0.15) is 10.2 Å². The van der Waals surface area contributed by atoms with E-state index in [-0.39, 0.29) is 11.8 Å². The van der Waals surface area contributed by atoms with Crippen molar-refractivity contribution in [2.75, 3.05) is 0 Å². The first-order valence-electron chi connectivity index (χ1n) is 9.98. The van der Waals surface area contributed by atoms with Gasteiger partial charge in [0.05, 0.1) is 12.4 Å². The summed E-state index contributed by atoms with van der Waals surface area (Å²) in [7, 11) is 0. The van der Waals surface area contributed by atoms with Crippen LogP contribution in [0.5, 0.6) is 0 Å². The van der Waals surface area contributed by atoms with Crippen molar-refractivity contribution >= 4 is 24.2 Å². The number of benzene rings is 2. The zero-order valence-corrected chi connectivity index (χ0v) is 16.6. The van der Waals surface area contributed by atoms with E-state index in [2.05, 4.69) is 21.1 Å². The lowest BCUT2D eigenvalue weighted by Crippen LogP contribution is -2.17. The van der Waals surface area contributed by atoms with Crippen molar-refractivity contribution in [2.24, 2.45) is 10.2 Å². The van der Waals surface area contributed by atoms with Crippen LogP contribution in [-0.2, 0) is 9.59 Å². The predicted octanol–water partition coefficient (Wildman–Crippen LogP) is 4.02. The number of hydrazone groups is 2. The molecule has 0 spiro atoms. The van der Waals surface area contributed by atoms with Crippen molar-refractivity contribution in [2.45, 2.75) is 44.9 Å². The van der Waals surface area contributed by atoms with Gasteiger partial charge in [0.15, 0.2) is 0 Å². The molecule has 0 heterocycles. The van der Waals surface area contributed by atoms with Crippen LogP contribution >= 0.6 is 0 Å². The minimum absolute atomic E-state index is 0.0761. The summed E-state index contributed by atoms with van der Waals surface area (Å²) in [4.78, 5) is 23.4. The fourth-order valence-corrected chi connectivity index (χ4v) is 2.65. The van der Waals surface area contributed by atoms with Gasteiger partial charge in [0.25, 0.3) is 0 Å². The van der Waals surface area contributed by atoms with Crippen molar-refractivity contribution < 1.29 is 9.59 Å². The van der Waals surface area contributed by atoms with Crippen molar-refractivity contribution in [3.8, 4) is 0 Å². The molecule has 29 heavy (non-hydrogen) atoms. The van der Waals surface area contributed by atoms with Gasteiger partial charge in [-0.15, -0.1) is 0 Å². The molecule has 2 amide bonds. The Morgan fingerprint density at radius 1 is 0.621 bits per heavy atom. The van der Waals surface area contributed by atoms with E-state index in [0.717, 1.165) is 43.2 Å². The molecule has 0 fully saturated rings. The fourth-order valence-electron chi connectivity index (χ4n) is 2.65. The van der Waals surface area contributed by atoms with Crippen LogP contribution in [-0.4, -0.2) is 24.2 Å². The van der Waals surface area contributed by atoms with Crippen LogP contribution in [0.2, 0.25) is 0 Å². The third-order valence-corrected chi connectivity index (χ3v) is 4.21. The molecule has 0 aliphatic carbocycles. The van der Waals surface area contributed by atoms with E-state index in [0.29, 0.717) is 12.8 Å². The topological polar surface area (TPSA) is 82.9 Å². The number of nitrogens with one attached hydrogen (secondary N) is 2. The van der Waals surface area contributed by atoms with Gasteiger partial charge in [0.2, 0.25) is 11.8 Å². The first kappa shape index (κ1) is 22.0. The van der Waals surface area contributed by atoms with Crippen LogP contribution in [0.3, 0.4) is 0 Å². The molecular formula is C23H28N4O2. The zero-order valence-electron chi connectivity index (χ0n) is 16.6. The van der Waals surface area contributed by atoms with E-state index in [9.17, 15) is 9.59 Å². The summed E-state index contributed by atoms with van der Waals surface area (Å²) in [6.07, 6.45) is 8.75. The zero-order chi connectivity index (χ0) is 20.6. The van der Waals surface area contributed by atoms with Crippen LogP contribution in [0, 0.1) is 0 Å². The molecule has 0 aliphatic rings. The lowest BCUT2D eigenvalue weighted by Gasteiger charge is -2.02. The Labute approximate surface area is 172 Å². The van der Waals surface area contributed by atoms with Crippen molar-refractivity contribution in [1.82, 2.24) is 10.9 Å². The Morgan fingerprint density at radius 3 is 1.41 bits per heavy atom. The Kier molecular flexibility index (Phi) is 10.5.